The molecule has 1 atom stereocenters. The van der Waals surface area contributed by atoms with Gasteiger partial charge in [0.05, 0.1) is 10.6 Å². The fraction of sp³-hybridized carbons (Fsp3) is 0.517. The number of halogens is 4. The zero-order valence-corrected chi connectivity index (χ0v) is 23.2. The van der Waals surface area contributed by atoms with Crippen LogP contribution >= 0.6 is 11.6 Å². The molecule has 2 saturated heterocycles. The Bertz CT molecular complexity index is 1210. The predicted molar refractivity (Wildman–Crippen MR) is 145 cm³/mol. The molecule has 1 unspecified atom stereocenters. The summed E-state index contributed by atoms with van der Waals surface area (Å²) < 4.78 is 42.2. The van der Waals surface area contributed by atoms with Gasteiger partial charge >= 0.3 is 6.18 Å². The lowest BCUT2D eigenvalue weighted by molar-refractivity contribution is -0.262. The van der Waals surface area contributed by atoms with Gasteiger partial charge in [-0.25, -0.2) is 0 Å². The van der Waals surface area contributed by atoms with E-state index in [1.54, 1.807) is 33.2 Å². The fourth-order valence-corrected chi connectivity index (χ4v) is 6.08. The van der Waals surface area contributed by atoms with Gasteiger partial charge in [-0.2, -0.15) is 13.2 Å². The summed E-state index contributed by atoms with van der Waals surface area (Å²) in [5.41, 5.74) is -2.06. The normalized spacial score (nSPS) is 19.1. The van der Waals surface area contributed by atoms with Gasteiger partial charge in [0.15, 0.2) is 0 Å². The van der Waals surface area contributed by atoms with Crippen LogP contribution < -0.4 is 4.90 Å². The highest BCUT2D eigenvalue weighted by Crippen LogP contribution is 2.42. The molecule has 2 aliphatic heterocycles. The van der Waals surface area contributed by atoms with Crippen LogP contribution in [-0.2, 0) is 10.4 Å². The minimum absolute atomic E-state index is 0.150. The number of piperidine rings is 2. The van der Waals surface area contributed by atoms with Gasteiger partial charge in [-0.1, -0.05) is 41.4 Å². The Hall–Kier alpha value is -2.78. The van der Waals surface area contributed by atoms with Crippen molar-refractivity contribution in [3.8, 4) is 0 Å². The maximum absolute atomic E-state index is 14.1. The number of carbonyl (C=O) groups excluding carboxylic acids is 2. The van der Waals surface area contributed by atoms with Gasteiger partial charge in [0.25, 0.3) is 17.4 Å². The summed E-state index contributed by atoms with van der Waals surface area (Å²) in [5.74, 6) is -0.746. The molecule has 212 valence electrons. The molecule has 1 N–H and O–H groups in total. The highest BCUT2D eigenvalue weighted by atomic mass is 35.5. The average molecular weight is 566 g/mol. The number of likely N-dealkylation sites (tertiary alicyclic amines) is 1. The van der Waals surface area contributed by atoms with E-state index in [9.17, 15) is 27.9 Å². The van der Waals surface area contributed by atoms with Crippen molar-refractivity contribution in [3.05, 3.63) is 64.2 Å². The van der Waals surface area contributed by atoms with Crippen molar-refractivity contribution < 1.29 is 27.9 Å². The molecular weight excluding hydrogens is 531 g/mol. The number of aryl methyl sites for hydroxylation is 1. The molecule has 2 aliphatic rings. The van der Waals surface area contributed by atoms with E-state index < -0.39 is 23.2 Å². The van der Waals surface area contributed by atoms with Crippen LogP contribution in [0.25, 0.3) is 0 Å². The Kier molecular flexibility index (Phi) is 8.52. The predicted octanol–water partition coefficient (Wildman–Crippen LogP) is 5.26. The number of hydrogen-bond acceptors (Lipinski definition) is 4. The number of hydrogen-bond donors (Lipinski definition) is 1. The van der Waals surface area contributed by atoms with E-state index in [0.717, 1.165) is 37.7 Å². The second kappa shape index (κ2) is 11.4. The molecule has 39 heavy (non-hydrogen) atoms. The molecule has 0 spiro atoms. The summed E-state index contributed by atoms with van der Waals surface area (Å²) >= 11 is 6.39. The second-order valence-electron chi connectivity index (χ2n) is 10.9. The molecule has 2 aromatic carbocycles. The van der Waals surface area contributed by atoms with Gasteiger partial charge in [0.1, 0.15) is 0 Å². The standard InChI is InChI=1S/C29H35ClF3N3O3/c1-19-5-4-6-22(17-19)28(39,29(31,32)33)27(38)36-15-11-21(12-16-36)20-9-13-35(14-10-20)23-7-8-24(25(30)18-23)26(37)34(2)3/h4-8,17-18,20-21,39H,9-16H2,1-3H3. The summed E-state index contributed by atoms with van der Waals surface area (Å²) in [7, 11) is 3.36. The molecule has 2 aromatic rings. The summed E-state index contributed by atoms with van der Waals surface area (Å²) in [6, 6.07) is 10.9. The van der Waals surface area contributed by atoms with Gasteiger partial charge in [-0.15, -0.1) is 0 Å². The lowest BCUT2D eigenvalue weighted by Crippen LogP contribution is -2.57. The fourth-order valence-electron chi connectivity index (χ4n) is 5.83. The molecule has 2 fully saturated rings. The quantitative estimate of drug-likeness (QED) is 0.537. The van der Waals surface area contributed by atoms with Gasteiger partial charge in [-0.3, -0.25) is 9.59 Å². The number of alkyl halides is 3. The smallest absolute Gasteiger partial charge is 0.371 e. The molecule has 4 rings (SSSR count). The van der Waals surface area contributed by atoms with E-state index in [2.05, 4.69) is 4.90 Å². The highest BCUT2D eigenvalue weighted by Gasteiger charge is 2.62. The van der Waals surface area contributed by atoms with Gasteiger partial charge < -0.3 is 19.8 Å². The third-order valence-corrected chi connectivity index (χ3v) is 8.46. The molecule has 0 saturated carbocycles. The van der Waals surface area contributed by atoms with Crippen LogP contribution in [-0.4, -0.2) is 73.2 Å². The van der Waals surface area contributed by atoms with E-state index in [-0.39, 0.29) is 19.0 Å². The molecule has 6 nitrogen and oxygen atoms in total. The van der Waals surface area contributed by atoms with Crippen molar-refractivity contribution in [1.82, 2.24) is 9.80 Å². The number of carbonyl (C=O) groups is 2. The summed E-state index contributed by atoms with van der Waals surface area (Å²) in [6.45, 7) is 3.61. The van der Waals surface area contributed by atoms with Crippen molar-refractivity contribution in [3.63, 3.8) is 0 Å². The number of aliphatic hydroxyl groups is 1. The van der Waals surface area contributed by atoms with Crippen LogP contribution in [0.4, 0.5) is 18.9 Å². The molecule has 10 heteroatoms. The Balaban J connectivity index is 1.35. The first-order valence-electron chi connectivity index (χ1n) is 13.2. The van der Waals surface area contributed by atoms with E-state index in [0.29, 0.717) is 40.8 Å². The van der Waals surface area contributed by atoms with E-state index in [1.807, 2.05) is 12.1 Å². The zero-order valence-electron chi connectivity index (χ0n) is 22.5. The van der Waals surface area contributed by atoms with E-state index in [1.165, 1.54) is 21.9 Å². The maximum atomic E-state index is 14.1. The molecule has 2 heterocycles. The van der Waals surface area contributed by atoms with Crippen molar-refractivity contribution in [2.45, 2.75) is 44.4 Å². The van der Waals surface area contributed by atoms with E-state index >= 15 is 0 Å². The lowest BCUT2D eigenvalue weighted by atomic mass is 9.78. The van der Waals surface area contributed by atoms with Crippen molar-refractivity contribution in [2.75, 3.05) is 45.2 Å². The third-order valence-electron chi connectivity index (χ3n) is 8.14. The van der Waals surface area contributed by atoms with Crippen LogP contribution in [0.3, 0.4) is 0 Å². The third kappa shape index (κ3) is 5.89. The molecule has 0 bridgehead atoms. The van der Waals surface area contributed by atoms with E-state index in [4.69, 9.17) is 11.6 Å². The number of anilines is 1. The van der Waals surface area contributed by atoms with Crippen LogP contribution in [0.15, 0.2) is 42.5 Å². The second-order valence-corrected chi connectivity index (χ2v) is 11.3. The average Bonchev–Trinajstić information content (AvgIpc) is 2.91. The van der Waals surface area contributed by atoms with Gasteiger partial charge in [0.2, 0.25) is 0 Å². The van der Waals surface area contributed by atoms with Crippen molar-refractivity contribution >= 4 is 29.1 Å². The van der Waals surface area contributed by atoms with Crippen molar-refractivity contribution in [1.29, 1.82) is 0 Å². The highest BCUT2D eigenvalue weighted by molar-refractivity contribution is 6.34. The minimum Gasteiger partial charge on any atom is -0.371 e. The molecule has 0 radical (unpaired) electrons. The zero-order chi connectivity index (χ0) is 28.5. The summed E-state index contributed by atoms with van der Waals surface area (Å²) in [6.07, 6.45) is -2.09. The Labute approximate surface area is 232 Å². The Morgan fingerprint density at radius 1 is 0.949 bits per heavy atom. The lowest BCUT2D eigenvalue weighted by Gasteiger charge is -2.42. The molecule has 0 aliphatic carbocycles. The SMILES string of the molecule is Cc1cccc(C(O)(C(=O)N2CCC(C3CCN(c4ccc(C(=O)N(C)C)c(Cl)c4)CC3)CC2)C(F)(F)F)c1. The molecule has 2 amide bonds. The Morgan fingerprint density at radius 3 is 2.05 bits per heavy atom. The van der Waals surface area contributed by atoms with Gasteiger partial charge in [0, 0.05) is 51.5 Å². The number of rotatable bonds is 5. The number of amides is 2. The Morgan fingerprint density at radius 2 is 1.54 bits per heavy atom. The largest absolute Gasteiger partial charge is 0.430 e. The molecule has 0 aromatic heterocycles. The minimum atomic E-state index is -5.14. The van der Waals surface area contributed by atoms with Crippen LogP contribution in [0.1, 0.15) is 47.2 Å². The van der Waals surface area contributed by atoms with Crippen LogP contribution in [0.5, 0.6) is 0 Å². The first kappa shape index (κ1) is 29.2. The molecular formula is C29H35ClF3N3O3. The summed E-state index contributed by atoms with van der Waals surface area (Å²) in [5, 5.41) is 11.2. The first-order chi connectivity index (χ1) is 18.3. The number of benzene rings is 2. The van der Waals surface area contributed by atoms with Crippen molar-refractivity contribution in [2.24, 2.45) is 11.8 Å². The topological polar surface area (TPSA) is 64.1 Å². The first-order valence-corrected chi connectivity index (χ1v) is 13.6. The van der Waals surface area contributed by atoms with Crippen LogP contribution in [0, 0.1) is 18.8 Å². The van der Waals surface area contributed by atoms with Crippen LogP contribution in [0.2, 0.25) is 5.02 Å². The van der Waals surface area contributed by atoms with Gasteiger partial charge in [-0.05, 0) is 62.6 Å². The number of nitrogens with zero attached hydrogens (tertiary/aromatic N) is 3. The maximum Gasteiger partial charge on any atom is 0.430 e. The monoisotopic (exact) mass is 565 g/mol. The summed E-state index contributed by atoms with van der Waals surface area (Å²) in [4.78, 5) is 30.2.